The lowest BCUT2D eigenvalue weighted by Gasteiger charge is -2.42. The van der Waals surface area contributed by atoms with Crippen molar-refractivity contribution < 1.29 is 4.79 Å². The lowest BCUT2D eigenvalue weighted by molar-refractivity contribution is 0.0399. The molecule has 1 aliphatic rings. The Balaban J connectivity index is 2.04. The maximum atomic E-state index is 12.1. The zero-order valence-corrected chi connectivity index (χ0v) is 11.6. The van der Waals surface area contributed by atoms with Crippen LogP contribution in [0.3, 0.4) is 0 Å². The second-order valence-corrected chi connectivity index (χ2v) is 5.42. The molecule has 0 bridgehead atoms. The van der Waals surface area contributed by atoms with Crippen molar-refractivity contribution in [2.75, 3.05) is 32.9 Å². The number of benzene rings is 1. The Morgan fingerprint density at radius 1 is 1.47 bits per heavy atom. The Hall–Kier alpha value is -1.07. The van der Waals surface area contributed by atoms with E-state index < -0.39 is 0 Å². The van der Waals surface area contributed by atoms with E-state index in [1.165, 1.54) is 0 Å². The van der Waals surface area contributed by atoms with E-state index in [0.717, 1.165) is 17.6 Å². The minimum absolute atomic E-state index is 0.0730. The number of anilines is 1. The lowest BCUT2D eigenvalue weighted by Crippen LogP contribution is -2.59. The van der Waals surface area contributed by atoms with E-state index in [1.54, 1.807) is 18.2 Å². The van der Waals surface area contributed by atoms with Gasteiger partial charge in [0, 0.05) is 34.9 Å². The summed E-state index contributed by atoms with van der Waals surface area (Å²) < 4.78 is 0.771. The number of nitrogens with zero attached hydrogens (tertiary/aromatic N) is 2. The van der Waals surface area contributed by atoms with E-state index in [-0.39, 0.29) is 5.91 Å². The van der Waals surface area contributed by atoms with Gasteiger partial charge in [0.2, 0.25) is 0 Å². The molecule has 1 heterocycles. The van der Waals surface area contributed by atoms with Crippen molar-refractivity contribution in [3.05, 3.63) is 28.2 Å². The highest BCUT2D eigenvalue weighted by molar-refractivity contribution is 9.10. The van der Waals surface area contributed by atoms with Gasteiger partial charge in [-0.3, -0.25) is 4.79 Å². The van der Waals surface area contributed by atoms with E-state index in [4.69, 9.17) is 5.73 Å². The van der Waals surface area contributed by atoms with Gasteiger partial charge < -0.3 is 15.5 Å². The minimum Gasteiger partial charge on any atom is -0.398 e. The van der Waals surface area contributed by atoms with E-state index in [2.05, 4.69) is 20.8 Å². The van der Waals surface area contributed by atoms with Crippen molar-refractivity contribution in [3.63, 3.8) is 0 Å². The Morgan fingerprint density at radius 2 is 2.12 bits per heavy atom. The van der Waals surface area contributed by atoms with Gasteiger partial charge in [-0.25, -0.2) is 0 Å². The van der Waals surface area contributed by atoms with Gasteiger partial charge in [-0.1, -0.05) is 0 Å². The minimum atomic E-state index is 0.0730. The molecule has 2 rings (SSSR count). The van der Waals surface area contributed by atoms with Gasteiger partial charge in [-0.05, 0) is 48.2 Å². The third-order valence-corrected chi connectivity index (χ3v) is 3.81. The molecule has 1 aromatic carbocycles. The number of amides is 1. The first-order valence-corrected chi connectivity index (χ1v) is 6.29. The number of carbonyl (C=O) groups is 1. The van der Waals surface area contributed by atoms with E-state index in [9.17, 15) is 4.79 Å². The molecule has 1 saturated heterocycles. The van der Waals surface area contributed by atoms with Crippen LogP contribution in [0.2, 0.25) is 0 Å². The maximum absolute atomic E-state index is 12.1. The molecule has 1 fully saturated rings. The average molecular weight is 298 g/mol. The molecule has 0 aliphatic carbocycles. The lowest BCUT2D eigenvalue weighted by atomic mass is 10.1. The van der Waals surface area contributed by atoms with E-state index in [1.807, 2.05) is 19.0 Å². The molecule has 5 heteroatoms. The Labute approximate surface area is 110 Å². The van der Waals surface area contributed by atoms with Crippen molar-refractivity contribution in [1.82, 2.24) is 9.80 Å². The molecule has 92 valence electrons. The fourth-order valence-corrected chi connectivity index (χ4v) is 2.17. The van der Waals surface area contributed by atoms with Crippen LogP contribution in [0.25, 0.3) is 0 Å². The second kappa shape index (κ2) is 4.66. The highest BCUT2D eigenvalue weighted by Crippen LogP contribution is 2.23. The van der Waals surface area contributed by atoms with Crippen molar-refractivity contribution in [2.45, 2.75) is 6.04 Å². The average Bonchev–Trinajstić information content (AvgIpc) is 2.19. The summed E-state index contributed by atoms with van der Waals surface area (Å²) in [5.41, 5.74) is 7.03. The summed E-state index contributed by atoms with van der Waals surface area (Å²) in [4.78, 5) is 16.1. The molecule has 0 unspecified atom stereocenters. The number of likely N-dealkylation sites (tertiary alicyclic amines) is 1. The Morgan fingerprint density at radius 3 is 2.65 bits per heavy atom. The Bertz CT molecular complexity index is 441. The highest BCUT2D eigenvalue weighted by atomic mass is 79.9. The first-order valence-electron chi connectivity index (χ1n) is 5.50. The third kappa shape index (κ3) is 2.45. The van der Waals surface area contributed by atoms with Gasteiger partial charge in [0.25, 0.3) is 5.91 Å². The van der Waals surface area contributed by atoms with Crippen molar-refractivity contribution in [3.8, 4) is 0 Å². The number of halogens is 1. The molecule has 0 radical (unpaired) electrons. The number of rotatable bonds is 2. The third-order valence-electron chi connectivity index (χ3n) is 3.13. The molecular formula is C12H16BrN3O. The van der Waals surface area contributed by atoms with Crippen LogP contribution in [0, 0.1) is 0 Å². The molecular weight excluding hydrogens is 282 g/mol. The molecule has 0 atom stereocenters. The molecule has 1 aromatic rings. The zero-order valence-electron chi connectivity index (χ0n) is 9.98. The van der Waals surface area contributed by atoms with Gasteiger partial charge >= 0.3 is 0 Å². The van der Waals surface area contributed by atoms with Crippen molar-refractivity contribution in [1.29, 1.82) is 0 Å². The fourth-order valence-electron chi connectivity index (χ4n) is 1.79. The summed E-state index contributed by atoms with van der Waals surface area (Å²) in [6, 6.07) is 5.78. The molecule has 1 amide bonds. The summed E-state index contributed by atoms with van der Waals surface area (Å²) in [6.45, 7) is 1.60. The van der Waals surface area contributed by atoms with Gasteiger partial charge in [-0.15, -0.1) is 0 Å². The van der Waals surface area contributed by atoms with Crippen LogP contribution in [0.15, 0.2) is 22.7 Å². The smallest absolute Gasteiger partial charge is 0.254 e. The Kier molecular flexibility index (Phi) is 3.40. The molecule has 1 aliphatic heterocycles. The van der Waals surface area contributed by atoms with Crippen LogP contribution in [-0.4, -0.2) is 48.9 Å². The predicted octanol–water partition coefficient (Wildman–Crippen LogP) is 1.42. The molecule has 2 N–H and O–H groups in total. The summed E-state index contributed by atoms with van der Waals surface area (Å²) in [6.07, 6.45) is 0. The SMILES string of the molecule is CN(C)C1CN(C(=O)c2ccc(N)c(Br)c2)C1. The normalized spacial score (nSPS) is 16.1. The van der Waals surface area contributed by atoms with E-state index >= 15 is 0 Å². The quantitative estimate of drug-likeness (QED) is 0.840. The van der Waals surface area contributed by atoms with Gasteiger partial charge in [0.1, 0.15) is 0 Å². The van der Waals surface area contributed by atoms with Gasteiger partial charge in [-0.2, -0.15) is 0 Å². The summed E-state index contributed by atoms with van der Waals surface area (Å²) >= 11 is 3.33. The molecule has 0 spiro atoms. The monoisotopic (exact) mass is 297 g/mol. The van der Waals surface area contributed by atoms with Crippen LogP contribution >= 0.6 is 15.9 Å². The zero-order chi connectivity index (χ0) is 12.6. The van der Waals surface area contributed by atoms with Crippen molar-refractivity contribution >= 4 is 27.5 Å². The maximum Gasteiger partial charge on any atom is 0.254 e. The largest absolute Gasteiger partial charge is 0.398 e. The summed E-state index contributed by atoms with van der Waals surface area (Å²) in [7, 11) is 4.07. The second-order valence-electron chi connectivity index (χ2n) is 4.56. The number of nitrogen functional groups attached to an aromatic ring is 1. The van der Waals surface area contributed by atoms with Crippen LogP contribution in [0.5, 0.6) is 0 Å². The molecule has 17 heavy (non-hydrogen) atoms. The van der Waals surface area contributed by atoms with Crippen LogP contribution < -0.4 is 5.73 Å². The summed E-state index contributed by atoms with van der Waals surface area (Å²) in [5, 5.41) is 0. The number of carbonyl (C=O) groups excluding carboxylic acids is 1. The number of likely N-dealkylation sites (N-methyl/N-ethyl adjacent to an activating group) is 1. The van der Waals surface area contributed by atoms with Gasteiger partial charge in [0.15, 0.2) is 0 Å². The topological polar surface area (TPSA) is 49.6 Å². The summed E-state index contributed by atoms with van der Waals surface area (Å²) in [5.74, 6) is 0.0730. The van der Waals surface area contributed by atoms with Crippen LogP contribution in [-0.2, 0) is 0 Å². The van der Waals surface area contributed by atoms with Crippen molar-refractivity contribution in [2.24, 2.45) is 0 Å². The molecule has 4 nitrogen and oxygen atoms in total. The number of hydrogen-bond acceptors (Lipinski definition) is 3. The standard InChI is InChI=1S/C12H16BrN3O/c1-15(2)9-6-16(7-9)12(17)8-3-4-11(14)10(13)5-8/h3-5,9H,6-7,14H2,1-2H3. The van der Waals surface area contributed by atoms with Crippen LogP contribution in [0.4, 0.5) is 5.69 Å². The highest BCUT2D eigenvalue weighted by Gasteiger charge is 2.32. The first-order chi connectivity index (χ1) is 7.99. The first kappa shape index (κ1) is 12.4. The van der Waals surface area contributed by atoms with Gasteiger partial charge in [0.05, 0.1) is 0 Å². The fraction of sp³-hybridized carbons (Fsp3) is 0.417. The number of nitrogens with two attached hydrogens (primary N) is 1. The molecule has 0 saturated carbocycles. The van der Waals surface area contributed by atoms with E-state index in [0.29, 0.717) is 17.3 Å². The number of hydrogen-bond donors (Lipinski definition) is 1. The van der Waals surface area contributed by atoms with Crippen LogP contribution in [0.1, 0.15) is 10.4 Å². The molecule has 0 aromatic heterocycles. The predicted molar refractivity (Wildman–Crippen MR) is 71.9 cm³/mol.